The maximum Gasteiger partial charge on any atom is 0.0950 e. The van der Waals surface area contributed by atoms with Crippen molar-refractivity contribution in [1.82, 2.24) is 10.2 Å². The number of anilines is 1. The van der Waals surface area contributed by atoms with E-state index in [0.717, 1.165) is 16.6 Å². The number of fused-ring (bicyclic) bond motifs is 1. The van der Waals surface area contributed by atoms with Crippen molar-refractivity contribution < 1.29 is 0 Å². The van der Waals surface area contributed by atoms with Crippen LogP contribution in [0.3, 0.4) is 0 Å². The van der Waals surface area contributed by atoms with Gasteiger partial charge in [-0.2, -0.15) is 10.2 Å². The lowest BCUT2D eigenvalue weighted by Crippen LogP contribution is -2.30. The molecule has 3 nitrogen and oxygen atoms in total. The summed E-state index contributed by atoms with van der Waals surface area (Å²) in [5, 5.41) is 12.8. The molecule has 17 heavy (non-hydrogen) atoms. The van der Waals surface area contributed by atoms with Gasteiger partial charge in [0.15, 0.2) is 0 Å². The van der Waals surface area contributed by atoms with Crippen LogP contribution in [0.4, 0.5) is 5.69 Å². The molecule has 1 atom stereocenters. The molecule has 0 bridgehead atoms. The van der Waals surface area contributed by atoms with Crippen molar-refractivity contribution in [1.29, 1.82) is 0 Å². The van der Waals surface area contributed by atoms with Gasteiger partial charge in [-0.25, -0.2) is 0 Å². The van der Waals surface area contributed by atoms with E-state index in [1.54, 1.807) is 6.20 Å². The second kappa shape index (κ2) is 4.32. The van der Waals surface area contributed by atoms with Gasteiger partial charge < -0.3 is 5.32 Å². The summed E-state index contributed by atoms with van der Waals surface area (Å²) in [5.41, 5.74) is 2.20. The van der Waals surface area contributed by atoms with Gasteiger partial charge in [0.25, 0.3) is 0 Å². The summed E-state index contributed by atoms with van der Waals surface area (Å²) in [6.45, 7) is 8.86. The predicted molar refractivity (Wildman–Crippen MR) is 72.1 cm³/mol. The normalized spacial score (nSPS) is 13.6. The topological polar surface area (TPSA) is 37.8 Å². The molecule has 1 N–H and O–H groups in total. The van der Waals surface area contributed by atoms with E-state index in [1.165, 1.54) is 0 Å². The van der Waals surface area contributed by atoms with Crippen LogP contribution >= 0.6 is 0 Å². The number of nitrogens with zero attached hydrogens (tertiary/aromatic N) is 2. The molecule has 1 aromatic carbocycles. The summed E-state index contributed by atoms with van der Waals surface area (Å²) in [4.78, 5) is 0. The number of benzene rings is 1. The first-order valence-electron chi connectivity index (χ1n) is 5.95. The molecular weight excluding hydrogens is 210 g/mol. The maximum atomic E-state index is 4.12. The number of nitrogens with one attached hydrogen (secondary N) is 1. The first-order valence-corrected chi connectivity index (χ1v) is 5.95. The molecule has 0 saturated heterocycles. The van der Waals surface area contributed by atoms with E-state index < -0.39 is 0 Å². The number of rotatable bonds is 2. The van der Waals surface area contributed by atoms with Crippen LogP contribution in [-0.4, -0.2) is 16.2 Å². The van der Waals surface area contributed by atoms with Crippen molar-refractivity contribution in [3.05, 3.63) is 30.5 Å². The van der Waals surface area contributed by atoms with Crippen LogP contribution in [0.2, 0.25) is 0 Å². The van der Waals surface area contributed by atoms with Gasteiger partial charge >= 0.3 is 0 Å². The largest absolute Gasteiger partial charge is 0.380 e. The summed E-state index contributed by atoms with van der Waals surface area (Å²) in [7, 11) is 0. The van der Waals surface area contributed by atoms with Crippen LogP contribution in [0.1, 0.15) is 27.7 Å². The Balaban J connectivity index is 2.36. The lowest BCUT2D eigenvalue weighted by Gasteiger charge is -2.29. The third-order valence-corrected chi connectivity index (χ3v) is 3.22. The molecule has 0 saturated carbocycles. The zero-order chi connectivity index (χ0) is 12.5. The van der Waals surface area contributed by atoms with Crippen LogP contribution in [-0.2, 0) is 0 Å². The van der Waals surface area contributed by atoms with E-state index in [1.807, 2.05) is 18.2 Å². The van der Waals surface area contributed by atoms with Gasteiger partial charge in [0.1, 0.15) is 0 Å². The Hall–Kier alpha value is -1.64. The molecule has 0 radical (unpaired) electrons. The maximum absolute atomic E-state index is 4.12. The number of hydrogen-bond acceptors (Lipinski definition) is 3. The summed E-state index contributed by atoms with van der Waals surface area (Å²) in [6.07, 6.45) is 1.80. The molecule has 2 rings (SSSR count). The van der Waals surface area contributed by atoms with Gasteiger partial charge in [0.05, 0.1) is 17.4 Å². The molecule has 1 heterocycles. The van der Waals surface area contributed by atoms with E-state index >= 15 is 0 Å². The first-order chi connectivity index (χ1) is 7.98. The van der Waals surface area contributed by atoms with Crippen molar-refractivity contribution in [2.45, 2.75) is 33.7 Å². The Morgan fingerprint density at radius 3 is 2.59 bits per heavy atom. The average molecular weight is 229 g/mol. The SMILES string of the molecule is CC(Nc1cnnc2ccccc12)C(C)(C)C. The standard InChI is InChI=1S/C14H19N3/c1-10(14(2,3)4)16-13-9-15-17-12-8-6-5-7-11(12)13/h5-10H,1-4H3,(H,16,17). The summed E-state index contributed by atoms with van der Waals surface area (Å²) in [5.74, 6) is 0. The third-order valence-electron chi connectivity index (χ3n) is 3.22. The first kappa shape index (κ1) is 11.8. The van der Waals surface area contributed by atoms with Crippen molar-refractivity contribution in [2.75, 3.05) is 5.32 Å². The molecule has 0 aliphatic carbocycles. The van der Waals surface area contributed by atoms with E-state index in [0.29, 0.717) is 6.04 Å². The van der Waals surface area contributed by atoms with Gasteiger partial charge in [0.2, 0.25) is 0 Å². The lowest BCUT2D eigenvalue weighted by atomic mass is 9.88. The molecule has 0 spiro atoms. The zero-order valence-electron chi connectivity index (χ0n) is 10.9. The second-order valence-electron chi connectivity index (χ2n) is 5.51. The fourth-order valence-corrected chi connectivity index (χ4v) is 1.57. The Kier molecular flexibility index (Phi) is 3.01. The molecule has 3 heteroatoms. The van der Waals surface area contributed by atoms with Crippen molar-refractivity contribution in [3.63, 3.8) is 0 Å². The molecule has 2 aromatic rings. The smallest absolute Gasteiger partial charge is 0.0950 e. The minimum Gasteiger partial charge on any atom is -0.380 e. The van der Waals surface area contributed by atoms with Crippen LogP contribution in [0.15, 0.2) is 30.5 Å². The van der Waals surface area contributed by atoms with Gasteiger partial charge in [-0.3, -0.25) is 0 Å². The van der Waals surface area contributed by atoms with Crippen LogP contribution in [0.5, 0.6) is 0 Å². The van der Waals surface area contributed by atoms with Crippen LogP contribution < -0.4 is 5.32 Å². The molecule has 1 unspecified atom stereocenters. The van der Waals surface area contributed by atoms with E-state index in [2.05, 4.69) is 49.3 Å². The Morgan fingerprint density at radius 2 is 1.88 bits per heavy atom. The van der Waals surface area contributed by atoms with Crippen molar-refractivity contribution in [3.8, 4) is 0 Å². The fourth-order valence-electron chi connectivity index (χ4n) is 1.57. The Bertz CT molecular complexity index is 509. The van der Waals surface area contributed by atoms with Gasteiger partial charge in [-0.05, 0) is 18.4 Å². The predicted octanol–water partition coefficient (Wildman–Crippen LogP) is 3.48. The minimum absolute atomic E-state index is 0.213. The molecular formula is C14H19N3. The molecule has 90 valence electrons. The summed E-state index contributed by atoms with van der Waals surface area (Å²) < 4.78 is 0. The van der Waals surface area contributed by atoms with E-state index in [4.69, 9.17) is 0 Å². The number of aromatic nitrogens is 2. The highest BCUT2D eigenvalue weighted by molar-refractivity contribution is 5.90. The molecule has 0 aliphatic heterocycles. The summed E-state index contributed by atoms with van der Waals surface area (Å²) in [6, 6.07) is 8.43. The zero-order valence-corrected chi connectivity index (χ0v) is 10.9. The highest BCUT2D eigenvalue weighted by Gasteiger charge is 2.20. The molecule has 0 aliphatic rings. The monoisotopic (exact) mass is 229 g/mol. The Morgan fingerprint density at radius 1 is 1.18 bits per heavy atom. The second-order valence-corrected chi connectivity index (χ2v) is 5.51. The summed E-state index contributed by atoms with van der Waals surface area (Å²) >= 11 is 0. The fraction of sp³-hybridized carbons (Fsp3) is 0.429. The highest BCUT2D eigenvalue weighted by Crippen LogP contribution is 2.26. The minimum atomic E-state index is 0.213. The van der Waals surface area contributed by atoms with E-state index in [9.17, 15) is 0 Å². The Labute approximate surface area is 102 Å². The van der Waals surface area contributed by atoms with Crippen molar-refractivity contribution >= 4 is 16.6 Å². The van der Waals surface area contributed by atoms with E-state index in [-0.39, 0.29) is 5.41 Å². The quantitative estimate of drug-likeness (QED) is 0.856. The van der Waals surface area contributed by atoms with Crippen molar-refractivity contribution in [2.24, 2.45) is 5.41 Å². The third kappa shape index (κ3) is 2.54. The highest BCUT2D eigenvalue weighted by atomic mass is 15.1. The van der Waals surface area contributed by atoms with Gasteiger partial charge in [0, 0.05) is 11.4 Å². The molecule has 1 aromatic heterocycles. The molecule has 0 amide bonds. The average Bonchev–Trinajstić information content (AvgIpc) is 2.28. The van der Waals surface area contributed by atoms with Crippen LogP contribution in [0, 0.1) is 5.41 Å². The molecule has 0 fully saturated rings. The van der Waals surface area contributed by atoms with Gasteiger partial charge in [-0.1, -0.05) is 39.0 Å². The van der Waals surface area contributed by atoms with Crippen LogP contribution in [0.25, 0.3) is 10.9 Å². The van der Waals surface area contributed by atoms with Gasteiger partial charge in [-0.15, -0.1) is 0 Å². The number of hydrogen-bond donors (Lipinski definition) is 1. The lowest BCUT2D eigenvalue weighted by molar-refractivity contribution is 0.359.